The zero-order valence-electron chi connectivity index (χ0n) is 7.88. The molecule has 0 aliphatic rings. The number of aliphatic hydroxyl groups is 1. The van der Waals surface area contributed by atoms with Gasteiger partial charge in [-0.1, -0.05) is 19.8 Å². The van der Waals surface area contributed by atoms with Gasteiger partial charge in [0, 0.05) is 13.3 Å². The molecule has 0 unspecified atom stereocenters. The van der Waals surface area contributed by atoms with Crippen molar-refractivity contribution in [1.82, 2.24) is 0 Å². The van der Waals surface area contributed by atoms with Gasteiger partial charge < -0.3 is 9.84 Å². The van der Waals surface area contributed by atoms with Crippen LogP contribution >= 0.6 is 0 Å². The smallest absolute Gasteiger partial charge is 0.302 e. The van der Waals surface area contributed by atoms with Gasteiger partial charge in [-0.15, -0.1) is 0 Å². The first-order valence-corrected chi connectivity index (χ1v) is 4.48. The maximum Gasteiger partial charge on any atom is 0.302 e. The summed E-state index contributed by atoms with van der Waals surface area (Å²) < 4.78 is 4.69. The van der Waals surface area contributed by atoms with Gasteiger partial charge in [0.05, 0.1) is 12.7 Å². The molecule has 0 aliphatic heterocycles. The Bertz CT molecular complexity index is 123. The number of carbonyl (C=O) groups excluding carboxylic acids is 1. The lowest BCUT2D eigenvalue weighted by atomic mass is 10.1. The molecule has 0 bridgehead atoms. The van der Waals surface area contributed by atoms with Gasteiger partial charge in [-0.2, -0.15) is 0 Å². The van der Waals surface area contributed by atoms with Crippen molar-refractivity contribution in [3.8, 4) is 0 Å². The molecule has 0 heterocycles. The Kier molecular flexibility index (Phi) is 6.76. The highest BCUT2D eigenvalue weighted by Gasteiger charge is 2.03. The van der Waals surface area contributed by atoms with E-state index in [1.165, 1.54) is 6.92 Å². The third-order valence-electron chi connectivity index (χ3n) is 1.65. The second-order valence-electron chi connectivity index (χ2n) is 2.92. The lowest BCUT2D eigenvalue weighted by molar-refractivity contribution is -0.141. The van der Waals surface area contributed by atoms with Gasteiger partial charge in [-0.3, -0.25) is 4.79 Å². The number of hydrogen-bond acceptors (Lipinski definition) is 3. The van der Waals surface area contributed by atoms with Crippen molar-refractivity contribution >= 4 is 5.97 Å². The maximum atomic E-state index is 10.3. The Morgan fingerprint density at radius 1 is 1.50 bits per heavy atom. The number of rotatable bonds is 6. The van der Waals surface area contributed by atoms with Gasteiger partial charge in [0.25, 0.3) is 0 Å². The Morgan fingerprint density at radius 2 is 2.17 bits per heavy atom. The van der Waals surface area contributed by atoms with E-state index in [1.807, 2.05) is 0 Å². The van der Waals surface area contributed by atoms with E-state index in [2.05, 4.69) is 6.92 Å². The summed E-state index contributed by atoms with van der Waals surface area (Å²) in [5.41, 5.74) is 0. The predicted octanol–water partition coefficient (Wildman–Crippen LogP) is 1.49. The first-order chi connectivity index (χ1) is 5.66. The Labute approximate surface area is 73.7 Å². The molecule has 0 saturated carbocycles. The molecule has 0 spiro atoms. The summed E-state index contributed by atoms with van der Waals surface area (Å²) in [4.78, 5) is 10.3. The van der Waals surface area contributed by atoms with E-state index in [0.29, 0.717) is 13.0 Å². The van der Waals surface area contributed by atoms with E-state index in [0.717, 1.165) is 19.3 Å². The quantitative estimate of drug-likeness (QED) is 0.620. The largest absolute Gasteiger partial charge is 0.466 e. The summed E-state index contributed by atoms with van der Waals surface area (Å²) >= 11 is 0. The lowest BCUT2D eigenvalue weighted by Gasteiger charge is -2.08. The van der Waals surface area contributed by atoms with Crippen LogP contribution in [-0.2, 0) is 9.53 Å². The van der Waals surface area contributed by atoms with Gasteiger partial charge in [-0.25, -0.2) is 0 Å². The fourth-order valence-corrected chi connectivity index (χ4v) is 0.923. The number of carbonyl (C=O) groups is 1. The molecule has 0 aliphatic carbocycles. The van der Waals surface area contributed by atoms with Crippen LogP contribution in [0.3, 0.4) is 0 Å². The molecular weight excluding hydrogens is 156 g/mol. The number of hydrogen-bond donors (Lipinski definition) is 1. The minimum Gasteiger partial charge on any atom is -0.466 e. The van der Waals surface area contributed by atoms with Crippen LogP contribution < -0.4 is 0 Å². The van der Waals surface area contributed by atoms with Gasteiger partial charge in [0.2, 0.25) is 0 Å². The monoisotopic (exact) mass is 174 g/mol. The van der Waals surface area contributed by atoms with E-state index < -0.39 is 0 Å². The van der Waals surface area contributed by atoms with E-state index in [1.54, 1.807) is 0 Å². The van der Waals surface area contributed by atoms with Crippen LogP contribution in [0.2, 0.25) is 0 Å². The van der Waals surface area contributed by atoms with Crippen molar-refractivity contribution in [3.05, 3.63) is 0 Å². The Hall–Kier alpha value is -0.570. The standard InChI is InChI=1S/C9H18O3/c1-3-4-5-9(11)6-7-12-8(2)10/h9,11H,3-7H2,1-2H3/t9-/m0/s1. The minimum absolute atomic E-state index is 0.280. The number of ether oxygens (including phenoxy) is 1. The van der Waals surface area contributed by atoms with Gasteiger partial charge in [-0.05, 0) is 6.42 Å². The molecule has 0 saturated heterocycles. The molecule has 0 aromatic rings. The van der Waals surface area contributed by atoms with Crippen LogP contribution in [0, 0.1) is 0 Å². The van der Waals surface area contributed by atoms with Crippen LogP contribution in [0.1, 0.15) is 39.5 Å². The fourth-order valence-electron chi connectivity index (χ4n) is 0.923. The van der Waals surface area contributed by atoms with Crippen molar-refractivity contribution in [2.75, 3.05) is 6.61 Å². The molecular formula is C9H18O3. The average molecular weight is 174 g/mol. The molecule has 0 rings (SSSR count). The predicted molar refractivity (Wildman–Crippen MR) is 46.8 cm³/mol. The molecule has 1 N–H and O–H groups in total. The first-order valence-electron chi connectivity index (χ1n) is 4.48. The molecule has 0 fully saturated rings. The Morgan fingerprint density at radius 3 is 2.67 bits per heavy atom. The molecule has 1 atom stereocenters. The zero-order chi connectivity index (χ0) is 9.40. The highest BCUT2D eigenvalue weighted by Crippen LogP contribution is 2.03. The highest BCUT2D eigenvalue weighted by atomic mass is 16.5. The van der Waals surface area contributed by atoms with Crippen LogP contribution in [0.4, 0.5) is 0 Å². The molecule has 0 aromatic carbocycles. The summed E-state index contributed by atoms with van der Waals surface area (Å²) in [5.74, 6) is -0.280. The number of unbranched alkanes of at least 4 members (excludes halogenated alkanes) is 1. The van der Waals surface area contributed by atoms with E-state index in [9.17, 15) is 9.90 Å². The van der Waals surface area contributed by atoms with E-state index in [-0.39, 0.29) is 12.1 Å². The fraction of sp³-hybridized carbons (Fsp3) is 0.889. The Balaban J connectivity index is 3.19. The van der Waals surface area contributed by atoms with Gasteiger partial charge in [0.1, 0.15) is 0 Å². The average Bonchev–Trinajstić information content (AvgIpc) is 2.00. The summed E-state index contributed by atoms with van der Waals surface area (Å²) in [6.45, 7) is 3.79. The topological polar surface area (TPSA) is 46.5 Å². The molecule has 72 valence electrons. The van der Waals surface area contributed by atoms with Crippen LogP contribution in [0.15, 0.2) is 0 Å². The maximum absolute atomic E-state index is 10.3. The van der Waals surface area contributed by atoms with Crippen molar-refractivity contribution < 1.29 is 14.6 Å². The minimum atomic E-state index is -0.315. The van der Waals surface area contributed by atoms with Crippen molar-refractivity contribution in [2.45, 2.75) is 45.6 Å². The van der Waals surface area contributed by atoms with E-state index in [4.69, 9.17) is 4.74 Å². The zero-order valence-corrected chi connectivity index (χ0v) is 7.88. The second kappa shape index (κ2) is 7.10. The van der Waals surface area contributed by atoms with Crippen molar-refractivity contribution in [3.63, 3.8) is 0 Å². The van der Waals surface area contributed by atoms with Crippen molar-refractivity contribution in [2.24, 2.45) is 0 Å². The van der Waals surface area contributed by atoms with Crippen molar-refractivity contribution in [1.29, 1.82) is 0 Å². The summed E-state index contributed by atoms with van der Waals surface area (Å²) in [6, 6.07) is 0. The van der Waals surface area contributed by atoms with Crippen LogP contribution in [-0.4, -0.2) is 23.8 Å². The second-order valence-corrected chi connectivity index (χ2v) is 2.92. The molecule has 0 amide bonds. The molecule has 12 heavy (non-hydrogen) atoms. The number of esters is 1. The molecule has 3 nitrogen and oxygen atoms in total. The third kappa shape index (κ3) is 7.54. The lowest BCUT2D eigenvalue weighted by Crippen LogP contribution is -2.11. The summed E-state index contributed by atoms with van der Waals surface area (Å²) in [5, 5.41) is 9.30. The van der Waals surface area contributed by atoms with Gasteiger partial charge >= 0.3 is 5.97 Å². The van der Waals surface area contributed by atoms with Gasteiger partial charge in [0.15, 0.2) is 0 Å². The summed E-state index contributed by atoms with van der Waals surface area (Å²) in [6.07, 6.45) is 3.16. The van der Waals surface area contributed by atoms with Crippen LogP contribution in [0.25, 0.3) is 0 Å². The SMILES string of the molecule is CCCC[C@H](O)CCOC(C)=O. The van der Waals surface area contributed by atoms with Crippen LogP contribution in [0.5, 0.6) is 0 Å². The highest BCUT2D eigenvalue weighted by molar-refractivity contribution is 5.65. The third-order valence-corrected chi connectivity index (χ3v) is 1.65. The summed E-state index contributed by atoms with van der Waals surface area (Å²) in [7, 11) is 0. The normalized spacial score (nSPS) is 12.6. The molecule has 0 radical (unpaired) electrons. The first kappa shape index (κ1) is 11.4. The molecule has 0 aromatic heterocycles. The number of aliphatic hydroxyl groups excluding tert-OH is 1. The molecule has 3 heteroatoms. The van der Waals surface area contributed by atoms with E-state index >= 15 is 0 Å².